The summed E-state index contributed by atoms with van der Waals surface area (Å²) in [6.07, 6.45) is 0. The van der Waals surface area contributed by atoms with Gasteiger partial charge in [-0.15, -0.1) is 0 Å². The molecule has 3 aromatic carbocycles. The zero-order valence-corrected chi connectivity index (χ0v) is 17.2. The third kappa shape index (κ3) is 3.69. The second-order valence-corrected chi connectivity index (χ2v) is 8.65. The van der Waals surface area contributed by atoms with Crippen LogP contribution in [0.25, 0.3) is 11.0 Å². The predicted molar refractivity (Wildman–Crippen MR) is 111 cm³/mol. The number of sulfone groups is 1. The van der Waals surface area contributed by atoms with Crippen LogP contribution in [0.2, 0.25) is 5.02 Å². The molecule has 5 nitrogen and oxygen atoms in total. The van der Waals surface area contributed by atoms with Crippen LogP contribution in [-0.2, 0) is 9.84 Å². The zero-order chi connectivity index (χ0) is 21.3. The molecule has 0 unspecified atom stereocenters. The smallest absolute Gasteiger partial charge is 0.239 e. The number of hydrogen-bond acceptors (Lipinski definition) is 5. The molecule has 0 N–H and O–H groups in total. The third-order valence-electron chi connectivity index (χ3n) is 4.40. The Hall–Kier alpha value is -3.16. The van der Waals surface area contributed by atoms with E-state index in [1.165, 1.54) is 37.4 Å². The van der Waals surface area contributed by atoms with Crippen LogP contribution in [0, 0.1) is 5.82 Å². The average molecular weight is 444 g/mol. The van der Waals surface area contributed by atoms with Crippen molar-refractivity contribution in [2.45, 2.75) is 9.79 Å². The number of para-hydroxylation sites is 1. The first-order valence-corrected chi connectivity index (χ1v) is 10.7. The van der Waals surface area contributed by atoms with Gasteiger partial charge in [-0.25, -0.2) is 17.8 Å². The molecule has 8 heteroatoms. The molecule has 0 amide bonds. The maximum absolute atomic E-state index is 13.5. The quantitative estimate of drug-likeness (QED) is 0.429. The van der Waals surface area contributed by atoms with Gasteiger partial charge in [0.05, 0.1) is 22.7 Å². The third-order valence-corrected chi connectivity index (χ3v) is 6.46. The lowest BCUT2D eigenvalue weighted by Crippen LogP contribution is -2.16. The molecule has 1 heterocycles. The van der Waals surface area contributed by atoms with Crippen molar-refractivity contribution < 1.29 is 22.0 Å². The Bertz CT molecular complexity index is 1420. The Morgan fingerprint density at radius 1 is 1.00 bits per heavy atom. The van der Waals surface area contributed by atoms with Crippen LogP contribution in [0.3, 0.4) is 0 Å². The molecule has 0 aliphatic rings. The highest BCUT2D eigenvalue weighted by Gasteiger charge is 2.23. The highest BCUT2D eigenvalue weighted by atomic mass is 35.5. The minimum absolute atomic E-state index is 0.0936. The lowest BCUT2D eigenvalue weighted by Gasteiger charge is -2.09. The SMILES string of the molecule is COc1cccc2cc(S(=O)(=O)c3ccccc3)c(=Nc3ccc(F)c(Cl)c3)oc12. The topological polar surface area (TPSA) is 68.9 Å². The Kier molecular flexibility index (Phi) is 5.32. The number of fused-ring (bicyclic) bond motifs is 1. The molecule has 0 bridgehead atoms. The van der Waals surface area contributed by atoms with Crippen LogP contribution in [0.1, 0.15) is 0 Å². The fourth-order valence-corrected chi connectivity index (χ4v) is 4.48. The standard InChI is InChI=1S/C22H15ClFNO4S/c1-28-19-9-5-6-14-12-20(30(26,27)16-7-3-2-4-8-16)22(29-21(14)19)25-15-10-11-18(24)17(23)13-15/h2-13H,1H3. The summed E-state index contributed by atoms with van der Waals surface area (Å²) in [6.45, 7) is 0. The molecule has 0 atom stereocenters. The summed E-state index contributed by atoms with van der Waals surface area (Å²) in [5.74, 6) is -0.186. The van der Waals surface area contributed by atoms with E-state index >= 15 is 0 Å². The molecule has 0 aliphatic heterocycles. The van der Waals surface area contributed by atoms with E-state index in [1.54, 1.807) is 36.4 Å². The van der Waals surface area contributed by atoms with Gasteiger partial charge in [0, 0.05) is 5.39 Å². The molecule has 4 aromatic rings. The van der Waals surface area contributed by atoms with Crippen LogP contribution in [0.4, 0.5) is 10.1 Å². The lowest BCUT2D eigenvalue weighted by atomic mass is 10.2. The second kappa shape index (κ2) is 7.93. The van der Waals surface area contributed by atoms with Gasteiger partial charge in [-0.2, -0.15) is 0 Å². The summed E-state index contributed by atoms with van der Waals surface area (Å²) in [4.78, 5) is 4.27. The van der Waals surface area contributed by atoms with Crippen molar-refractivity contribution in [2.24, 2.45) is 4.99 Å². The number of ether oxygens (including phenoxy) is 1. The number of methoxy groups -OCH3 is 1. The van der Waals surface area contributed by atoms with E-state index in [2.05, 4.69) is 4.99 Å². The number of halogens is 2. The van der Waals surface area contributed by atoms with Crippen molar-refractivity contribution in [3.63, 3.8) is 0 Å². The van der Waals surface area contributed by atoms with Gasteiger partial charge in [-0.1, -0.05) is 41.9 Å². The Balaban J connectivity index is 2.07. The van der Waals surface area contributed by atoms with Crippen molar-refractivity contribution in [1.82, 2.24) is 0 Å². The number of nitrogens with zero attached hydrogens (tertiary/aromatic N) is 1. The first kappa shape index (κ1) is 20.1. The van der Waals surface area contributed by atoms with E-state index in [0.717, 1.165) is 6.07 Å². The highest BCUT2D eigenvalue weighted by molar-refractivity contribution is 7.91. The largest absolute Gasteiger partial charge is 0.493 e. The van der Waals surface area contributed by atoms with Gasteiger partial charge in [0.1, 0.15) is 10.7 Å². The summed E-state index contributed by atoms with van der Waals surface area (Å²) in [6, 6.07) is 18.4. The Labute approximate surface area is 177 Å². The molecular weight excluding hydrogens is 429 g/mol. The molecule has 0 fully saturated rings. The van der Waals surface area contributed by atoms with Gasteiger partial charge in [-0.05, 0) is 42.5 Å². The van der Waals surface area contributed by atoms with E-state index in [-0.39, 0.29) is 26.1 Å². The van der Waals surface area contributed by atoms with Crippen molar-refractivity contribution >= 4 is 38.1 Å². The maximum atomic E-state index is 13.5. The summed E-state index contributed by atoms with van der Waals surface area (Å²) in [5, 5.41) is 0.391. The number of rotatable bonds is 4. The van der Waals surface area contributed by atoms with E-state index < -0.39 is 15.7 Å². The molecule has 152 valence electrons. The van der Waals surface area contributed by atoms with Crippen molar-refractivity contribution in [2.75, 3.05) is 7.11 Å². The molecule has 30 heavy (non-hydrogen) atoms. The molecule has 0 spiro atoms. The van der Waals surface area contributed by atoms with Gasteiger partial charge in [0.2, 0.25) is 15.4 Å². The van der Waals surface area contributed by atoms with E-state index in [4.69, 9.17) is 20.8 Å². The first-order chi connectivity index (χ1) is 14.4. The molecule has 4 rings (SSSR count). The van der Waals surface area contributed by atoms with Crippen LogP contribution in [0.15, 0.2) is 92.0 Å². The van der Waals surface area contributed by atoms with Crippen LogP contribution < -0.4 is 10.3 Å². The summed E-state index contributed by atoms with van der Waals surface area (Å²) < 4.78 is 51.4. The summed E-state index contributed by atoms with van der Waals surface area (Å²) in [7, 11) is -2.47. The van der Waals surface area contributed by atoms with Crippen LogP contribution in [0.5, 0.6) is 5.75 Å². The number of benzene rings is 3. The lowest BCUT2D eigenvalue weighted by molar-refractivity contribution is 0.404. The van der Waals surface area contributed by atoms with Gasteiger partial charge in [-0.3, -0.25) is 0 Å². The van der Waals surface area contributed by atoms with Crippen LogP contribution >= 0.6 is 11.6 Å². The minimum Gasteiger partial charge on any atom is -0.493 e. The fourth-order valence-electron chi connectivity index (χ4n) is 2.94. The van der Waals surface area contributed by atoms with Crippen molar-refractivity contribution in [3.8, 4) is 5.75 Å². The van der Waals surface area contributed by atoms with E-state index in [1.807, 2.05) is 0 Å². The Morgan fingerprint density at radius 3 is 2.47 bits per heavy atom. The fraction of sp³-hybridized carbons (Fsp3) is 0.0455. The summed E-state index contributed by atoms with van der Waals surface area (Å²) >= 11 is 5.84. The van der Waals surface area contributed by atoms with Crippen molar-refractivity contribution in [1.29, 1.82) is 0 Å². The monoisotopic (exact) mass is 443 g/mol. The average Bonchev–Trinajstić information content (AvgIpc) is 2.76. The Morgan fingerprint density at radius 2 is 1.77 bits per heavy atom. The van der Waals surface area contributed by atoms with Gasteiger partial charge in [0.15, 0.2) is 11.3 Å². The molecule has 1 aromatic heterocycles. The second-order valence-electron chi connectivity index (χ2n) is 6.32. The maximum Gasteiger partial charge on any atom is 0.239 e. The van der Waals surface area contributed by atoms with Crippen molar-refractivity contribution in [3.05, 3.63) is 89.2 Å². The summed E-state index contributed by atoms with van der Waals surface area (Å²) in [5.41, 5.74) is 0.404. The normalized spacial score (nSPS) is 12.3. The molecule has 0 saturated heterocycles. The zero-order valence-electron chi connectivity index (χ0n) is 15.7. The first-order valence-electron chi connectivity index (χ1n) is 8.81. The molecule has 0 saturated carbocycles. The number of hydrogen-bond donors (Lipinski definition) is 0. The van der Waals surface area contributed by atoms with E-state index in [9.17, 15) is 12.8 Å². The predicted octanol–water partition coefficient (Wildman–Crippen LogP) is 5.30. The van der Waals surface area contributed by atoms with E-state index in [0.29, 0.717) is 16.7 Å². The van der Waals surface area contributed by atoms with Gasteiger partial charge < -0.3 is 9.15 Å². The minimum atomic E-state index is -3.95. The highest BCUT2D eigenvalue weighted by Crippen LogP contribution is 2.28. The van der Waals surface area contributed by atoms with Crippen LogP contribution in [-0.4, -0.2) is 15.5 Å². The molecule has 0 radical (unpaired) electrons. The molecule has 0 aliphatic carbocycles. The van der Waals surface area contributed by atoms with Gasteiger partial charge >= 0.3 is 0 Å². The molecular formula is C22H15ClFNO4S. The van der Waals surface area contributed by atoms with Gasteiger partial charge in [0.25, 0.3) is 0 Å².